The number of aliphatic carboxylic acids is 1. The maximum Gasteiger partial charge on any atom is 0.309 e. The summed E-state index contributed by atoms with van der Waals surface area (Å²) in [5.74, 6) is 0.512. The second-order valence-corrected chi connectivity index (χ2v) is 9.90. The van der Waals surface area contributed by atoms with Crippen molar-refractivity contribution in [3.63, 3.8) is 0 Å². The van der Waals surface area contributed by atoms with Crippen molar-refractivity contribution in [1.82, 2.24) is 5.32 Å². The number of hydrogen-bond acceptors (Lipinski definition) is 2. The summed E-state index contributed by atoms with van der Waals surface area (Å²) >= 11 is 0. The Kier molecular flexibility index (Phi) is 6.05. The molecule has 1 saturated heterocycles. The molecule has 1 saturated carbocycles. The molecule has 0 spiro atoms. The van der Waals surface area contributed by atoms with Crippen molar-refractivity contribution in [2.24, 2.45) is 17.3 Å². The summed E-state index contributed by atoms with van der Waals surface area (Å²) in [5, 5.41) is 13.9. The van der Waals surface area contributed by atoms with Crippen LogP contribution in [0.2, 0.25) is 0 Å². The predicted molar refractivity (Wildman–Crippen MR) is 100 cm³/mol. The minimum absolute atomic E-state index is 0.0207. The quantitative estimate of drug-likeness (QED) is 0.639. The van der Waals surface area contributed by atoms with Crippen LogP contribution in [0.3, 0.4) is 0 Å². The molecule has 0 atom stereocenters. The highest BCUT2D eigenvalue weighted by molar-refractivity contribution is 5.75. The largest absolute Gasteiger partial charge is 0.481 e. The highest BCUT2D eigenvalue weighted by atomic mass is 16.4. The topological polar surface area (TPSA) is 49.3 Å². The van der Waals surface area contributed by atoms with Crippen molar-refractivity contribution in [2.75, 3.05) is 0 Å². The molecular weight excluding hydrogens is 298 g/mol. The fourth-order valence-corrected chi connectivity index (χ4v) is 5.67. The molecule has 0 aromatic rings. The van der Waals surface area contributed by atoms with Crippen LogP contribution >= 0.6 is 0 Å². The average molecular weight is 338 g/mol. The van der Waals surface area contributed by atoms with Gasteiger partial charge in [-0.1, -0.05) is 32.6 Å². The van der Waals surface area contributed by atoms with Gasteiger partial charge in [0.1, 0.15) is 0 Å². The van der Waals surface area contributed by atoms with Gasteiger partial charge in [0, 0.05) is 11.1 Å². The SMILES string of the molecule is CCCCCC1CCC(C(=O)O)(C2CC(C)(C)NC(C)(C)C2)CC1. The van der Waals surface area contributed by atoms with E-state index in [1.807, 2.05) is 0 Å². The summed E-state index contributed by atoms with van der Waals surface area (Å²) in [6.07, 6.45) is 11.1. The molecule has 2 rings (SSSR count). The van der Waals surface area contributed by atoms with E-state index in [9.17, 15) is 9.90 Å². The van der Waals surface area contributed by atoms with E-state index in [2.05, 4.69) is 39.9 Å². The van der Waals surface area contributed by atoms with Gasteiger partial charge in [-0.05, 0) is 78.1 Å². The Hall–Kier alpha value is -0.570. The molecule has 3 heteroatoms. The van der Waals surface area contributed by atoms with Gasteiger partial charge < -0.3 is 10.4 Å². The summed E-state index contributed by atoms with van der Waals surface area (Å²) in [6.45, 7) is 11.2. The molecule has 140 valence electrons. The lowest BCUT2D eigenvalue weighted by atomic mass is 9.57. The Bertz CT molecular complexity index is 417. The molecule has 0 radical (unpaired) electrons. The monoisotopic (exact) mass is 337 g/mol. The number of unbranched alkanes of at least 4 members (excludes halogenated alkanes) is 2. The maximum absolute atomic E-state index is 12.3. The van der Waals surface area contributed by atoms with Crippen LogP contribution in [0.1, 0.15) is 98.8 Å². The second kappa shape index (κ2) is 7.35. The molecule has 0 unspecified atom stereocenters. The molecule has 24 heavy (non-hydrogen) atoms. The first kappa shape index (κ1) is 19.8. The molecule has 1 aliphatic heterocycles. The van der Waals surface area contributed by atoms with Crippen LogP contribution in [-0.4, -0.2) is 22.2 Å². The number of rotatable bonds is 6. The minimum atomic E-state index is -0.534. The van der Waals surface area contributed by atoms with Crippen LogP contribution in [0.4, 0.5) is 0 Å². The molecule has 2 N–H and O–H groups in total. The molecule has 1 heterocycles. The summed E-state index contributed by atoms with van der Waals surface area (Å²) in [6, 6.07) is 0. The van der Waals surface area contributed by atoms with Crippen LogP contribution in [0.25, 0.3) is 0 Å². The van der Waals surface area contributed by atoms with Gasteiger partial charge in [0.05, 0.1) is 5.41 Å². The van der Waals surface area contributed by atoms with E-state index in [0.717, 1.165) is 44.4 Å². The van der Waals surface area contributed by atoms with Gasteiger partial charge >= 0.3 is 5.97 Å². The van der Waals surface area contributed by atoms with Crippen LogP contribution in [-0.2, 0) is 4.79 Å². The molecule has 0 amide bonds. The van der Waals surface area contributed by atoms with Gasteiger partial charge in [0.25, 0.3) is 0 Å². The first-order valence-corrected chi connectivity index (χ1v) is 10.1. The molecular formula is C21H39NO2. The van der Waals surface area contributed by atoms with Gasteiger partial charge in [0.2, 0.25) is 0 Å². The highest BCUT2D eigenvalue weighted by Gasteiger charge is 2.52. The first-order valence-electron chi connectivity index (χ1n) is 10.1. The van der Waals surface area contributed by atoms with E-state index >= 15 is 0 Å². The fourth-order valence-electron chi connectivity index (χ4n) is 5.67. The summed E-state index contributed by atoms with van der Waals surface area (Å²) < 4.78 is 0. The zero-order chi connectivity index (χ0) is 18.0. The normalized spacial score (nSPS) is 33.3. The molecule has 1 aliphatic carbocycles. The molecule has 3 nitrogen and oxygen atoms in total. The Morgan fingerprint density at radius 3 is 2.04 bits per heavy atom. The van der Waals surface area contributed by atoms with Crippen molar-refractivity contribution in [2.45, 2.75) is 110 Å². The second-order valence-electron chi connectivity index (χ2n) is 9.90. The van der Waals surface area contributed by atoms with Gasteiger partial charge in [0.15, 0.2) is 0 Å². The summed E-state index contributed by atoms with van der Waals surface area (Å²) in [5.41, 5.74) is -0.447. The number of carboxylic acid groups (broad SMARTS) is 1. The van der Waals surface area contributed by atoms with Gasteiger partial charge in [-0.2, -0.15) is 0 Å². The van der Waals surface area contributed by atoms with Crippen LogP contribution in [0, 0.1) is 17.3 Å². The number of hydrogen-bond donors (Lipinski definition) is 2. The smallest absolute Gasteiger partial charge is 0.309 e. The van der Waals surface area contributed by atoms with E-state index in [0.29, 0.717) is 0 Å². The van der Waals surface area contributed by atoms with E-state index in [1.54, 1.807) is 0 Å². The number of piperidine rings is 1. The van der Waals surface area contributed by atoms with Crippen molar-refractivity contribution in [3.05, 3.63) is 0 Å². The summed E-state index contributed by atoms with van der Waals surface area (Å²) in [4.78, 5) is 12.3. The number of nitrogens with one attached hydrogen (secondary N) is 1. The zero-order valence-electron chi connectivity index (χ0n) is 16.6. The van der Waals surface area contributed by atoms with E-state index in [1.165, 1.54) is 25.7 Å². The number of carboxylic acids is 1. The van der Waals surface area contributed by atoms with Crippen molar-refractivity contribution in [3.8, 4) is 0 Å². The van der Waals surface area contributed by atoms with E-state index < -0.39 is 11.4 Å². The highest BCUT2D eigenvalue weighted by Crippen LogP contribution is 2.52. The summed E-state index contributed by atoms with van der Waals surface area (Å²) in [7, 11) is 0. The van der Waals surface area contributed by atoms with Crippen molar-refractivity contribution >= 4 is 5.97 Å². The Morgan fingerprint density at radius 1 is 1.04 bits per heavy atom. The Morgan fingerprint density at radius 2 is 1.58 bits per heavy atom. The maximum atomic E-state index is 12.3. The fraction of sp³-hybridized carbons (Fsp3) is 0.952. The van der Waals surface area contributed by atoms with E-state index in [-0.39, 0.29) is 17.0 Å². The molecule has 0 aromatic carbocycles. The lowest BCUT2D eigenvalue weighted by Gasteiger charge is -2.53. The lowest BCUT2D eigenvalue weighted by molar-refractivity contribution is -0.159. The van der Waals surface area contributed by atoms with Crippen LogP contribution < -0.4 is 5.32 Å². The molecule has 2 fully saturated rings. The van der Waals surface area contributed by atoms with Gasteiger partial charge in [-0.25, -0.2) is 0 Å². The average Bonchev–Trinajstić information content (AvgIpc) is 2.44. The van der Waals surface area contributed by atoms with Gasteiger partial charge in [-0.3, -0.25) is 4.79 Å². The molecule has 0 bridgehead atoms. The standard InChI is InChI=1S/C21H39NO2/c1-6-7-8-9-16-10-12-21(13-11-16,18(23)24)17-14-19(2,3)22-20(4,5)15-17/h16-17,22H,6-15H2,1-5H3,(H,23,24). The third-order valence-electron chi connectivity index (χ3n) is 6.61. The Balaban J connectivity index is 2.08. The first-order chi connectivity index (χ1) is 11.1. The number of carbonyl (C=O) groups is 1. The molecule has 0 aromatic heterocycles. The third kappa shape index (κ3) is 4.53. The minimum Gasteiger partial charge on any atom is -0.481 e. The van der Waals surface area contributed by atoms with Crippen molar-refractivity contribution in [1.29, 1.82) is 0 Å². The van der Waals surface area contributed by atoms with E-state index in [4.69, 9.17) is 0 Å². The lowest BCUT2D eigenvalue weighted by Crippen LogP contribution is -2.61. The molecule has 2 aliphatic rings. The van der Waals surface area contributed by atoms with Gasteiger partial charge in [-0.15, -0.1) is 0 Å². The zero-order valence-corrected chi connectivity index (χ0v) is 16.6. The Labute approximate surface area is 149 Å². The van der Waals surface area contributed by atoms with Crippen LogP contribution in [0.15, 0.2) is 0 Å². The predicted octanol–water partition coefficient (Wildman–Crippen LogP) is 5.38. The van der Waals surface area contributed by atoms with Crippen molar-refractivity contribution < 1.29 is 9.90 Å². The third-order valence-corrected chi connectivity index (χ3v) is 6.61. The van der Waals surface area contributed by atoms with Crippen LogP contribution in [0.5, 0.6) is 0 Å².